The first-order valence-electron chi connectivity index (χ1n) is 8.48. The van der Waals surface area contributed by atoms with Crippen molar-refractivity contribution < 1.29 is 13.2 Å². The number of rotatable bonds is 6. The zero-order chi connectivity index (χ0) is 18.6. The second-order valence-electron chi connectivity index (χ2n) is 5.92. The first kappa shape index (κ1) is 18.7. The second kappa shape index (κ2) is 8.05. The van der Waals surface area contributed by atoms with Gasteiger partial charge in [0.05, 0.1) is 15.8 Å². The van der Waals surface area contributed by atoms with Crippen LogP contribution < -0.4 is 4.90 Å². The number of benzene rings is 2. The Morgan fingerprint density at radius 2 is 1.65 bits per heavy atom. The number of sulfonamides is 1. The number of carbonyl (C=O) groups excluding carboxylic acids is 1. The van der Waals surface area contributed by atoms with Gasteiger partial charge in [0.25, 0.3) is 10.0 Å². The van der Waals surface area contributed by atoms with Gasteiger partial charge in [-0.25, -0.2) is 0 Å². The van der Waals surface area contributed by atoms with E-state index < -0.39 is 10.0 Å². The molecular formula is C19H20N2O3S2. The van der Waals surface area contributed by atoms with Crippen LogP contribution >= 0.6 is 11.8 Å². The number of thioether (sulfide) groups is 1. The maximum Gasteiger partial charge on any atom is 0.284 e. The van der Waals surface area contributed by atoms with Crippen molar-refractivity contribution in [2.45, 2.75) is 36.3 Å². The quantitative estimate of drug-likeness (QED) is 0.748. The predicted octanol–water partition coefficient (Wildman–Crippen LogP) is 4.07. The van der Waals surface area contributed by atoms with Crippen LogP contribution in [0.5, 0.6) is 0 Å². The summed E-state index contributed by atoms with van der Waals surface area (Å²) in [6, 6.07) is 17.1. The summed E-state index contributed by atoms with van der Waals surface area (Å²) in [6.45, 7) is 2.06. The van der Waals surface area contributed by atoms with Crippen molar-refractivity contribution in [1.29, 1.82) is 0 Å². The fraction of sp³-hybridized carbons (Fsp3) is 0.263. The van der Waals surface area contributed by atoms with E-state index in [0.29, 0.717) is 12.1 Å². The highest BCUT2D eigenvalue weighted by Crippen LogP contribution is 2.35. The third-order valence-corrected chi connectivity index (χ3v) is 6.61. The summed E-state index contributed by atoms with van der Waals surface area (Å²) in [5.74, 6) is -0.114. The molecule has 0 bridgehead atoms. The molecule has 0 N–H and O–H groups in total. The molecule has 26 heavy (non-hydrogen) atoms. The number of hydrogen-bond acceptors (Lipinski definition) is 4. The Morgan fingerprint density at radius 1 is 1.04 bits per heavy atom. The lowest BCUT2D eigenvalue weighted by atomic mass is 10.2. The lowest BCUT2D eigenvalue weighted by Crippen LogP contribution is -2.32. The van der Waals surface area contributed by atoms with Gasteiger partial charge in [0.15, 0.2) is 5.17 Å². The molecule has 5 nitrogen and oxygen atoms in total. The summed E-state index contributed by atoms with van der Waals surface area (Å²) in [5, 5.41) is -0.0916. The van der Waals surface area contributed by atoms with Crippen LogP contribution in [0.3, 0.4) is 0 Å². The molecule has 7 heteroatoms. The zero-order valence-corrected chi connectivity index (χ0v) is 16.0. The molecule has 0 saturated carbocycles. The number of hydrogen-bond donors (Lipinski definition) is 0. The number of anilines is 1. The number of unbranched alkanes of at least 4 members (excludes halogenated alkanes) is 1. The van der Waals surface area contributed by atoms with Crippen molar-refractivity contribution >= 4 is 38.5 Å². The SMILES string of the molecule is CCCCC1S/C(=N\S(=O)(=O)c2ccccc2)N(c2ccccc2)C1=O. The number of amides is 1. The van der Waals surface area contributed by atoms with Crippen LogP contribution in [0.15, 0.2) is 70.0 Å². The average molecular weight is 389 g/mol. The van der Waals surface area contributed by atoms with E-state index in [1.54, 1.807) is 30.3 Å². The first-order chi connectivity index (χ1) is 12.5. The average Bonchev–Trinajstić information content (AvgIpc) is 2.96. The second-order valence-corrected chi connectivity index (χ2v) is 8.69. The normalized spacial score (nSPS) is 19.3. The maximum absolute atomic E-state index is 12.9. The Balaban J connectivity index is 2.00. The van der Waals surface area contributed by atoms with Crippen molar-refractivity contribution in [3.63, 3.8) is 0 Å². The van der Waals surface area contributed by atoms with Crippen LogP contribution in [0.2, 0.25) is 0 Å². The lowest BCUT2D eigenvalue weighted by molar-refractivity contribution is -0.117. The highest BCUT2D eigenvalue weighted by atomic mass is 32.2. The van der Waals surface area contributed by atoms with Crippen LogP contribution in [-0.2, 0) is 14.8 Å². The Morgan fingerprint density at radius 3 is 2.27 bits per heavy atom. The number of nitrogens with zero attached hydrogens (tertiary/aromatic N) is 2. The van der Waals surface area contributed by atoms with Gasteiger partial charge in [-0.05, 0) is 30.7 Å². The largest absolute Gasteiger partial charge is 0.284 e. The third kappa shape index (κ3) is 3.99. The molecule has 3 rings (SSSR count). The molecule has 1 aliphatic rings. The van der Waals surface area contributed by atoms with Crippen molar-refractivity contribution in [2.75, 3.05) is 4.90 Å². The molecule has 1 heterocycles. The Bertz CT molecular complexity index is 897. The smallest absolute Gasteiger partial charge is 0.273 e. The molecular weight excluding hydrogens is 368 g/mol. The molecule has 1 atom stereocenters. The van der Waals surface area contributed by atoms with Gasteiger partial charge < -0.3 is 0 Å². The molecule has 136 valence electrons. The van der Waals surface area contributed by atoms with Crippen LogP contribution in [0, 0.1) is 0 Å². The summed E-state index contributed by atoms with van der Waals surface area (Å²) >= 11 is 1.23. The predicted molar refractivity (Wildman–Crippen MR) is 106 cm³/mol. The number of para-hydroxylation sites is 1. The molecule has 1 fully saturated rings. The summed E-state index contributed by atoms with van der Waals surface area (Å²) in [5.41, 5.74) is 0.631. The standard InChI is InChI=1S/C19H20N2O3S2/c1-2-3-14-17-18(22)21(15-10-6-4-7-11-15)19(25-17)20-26(23,24)16-12-8-5-9-13-16/h4-13,17H,2-3,14H2,1H3/b20-19-. The van der Waals surface area contributed by atoms with Gasteiger partial charge in [-0.1, -0.05) is 67.9 Å². The summed E-state index contributed by atoms with van der Waals surface area (Å²) in [7, 11) is -3.88. The molecule has 2 aromatic rings. The van der Waals surface area contributed by atoms with E-state index in [-0.39, 0.29) is 21.2 Å². The van der Waals surface area contributed by atoms with E-state index >= 15 is 0 Å². The third-order valence-electron chi connectivity index (χ3n) is 4.01. The Kier molecular flexibility index (Phi) is 5.78. The Labute approximate surface area is 158 Å². The van der Waals surface area contributed by atoms with Crippen LogP contribution in [0.4, 0.5) is 5.69 Å². The summed E-state index contributed by atoms with van der Waals surface area (Å²) in [4.78, 5) is 14.4. The number of amidine groups is 1. The highest BCUT2D eigenvalue weighted by molar-refractivity contribution is 8.16. The van der Waals surface area contributed by atoms with Crippen molar-refractivity contribution in [2.24, 2.45) is 4.40 Å². The van der Waals surface area contributed by atoms with Crippen molar-refractivity contribution in [3.05, 3.63) is 60.7 Å². The van der Waals surface area contributed by atoms with Crippen LogP contribution in [-0.4, -0.2) is 24.7 Å². The fourth-order valence-corrected chi connectivity index (χ4v) is 5.07. The Hall–Kier alpha value is -2.12. The van der Waals surface area contributed by atoms with Crippen LogP contribution in [0.1, 0.15) is 26.2 Å². The molecule has 0 aromatic heterocycles. The van der Waals surface area contributed by atoms with Crippen molar-refractivity contribution in [3.8, 4) is 0 Å². The molecule has 2 aromatic carbocycles. The van der Waals surface area contributed by atoms with Crippen molar-refractivity contribution in [1.82, 2.24) is 0 Å². The minimum Gasteiger partial charge on any atom is -0.273 e. The first-order valence-corrected chi connectivity index (χ1v) is 10.8. The summed E-state index contributed by atoms with van der Waals surface area (Å²) < 4.78 is 29.3. The topological polar surface area (TPSA) is 66.8 Å². The summed E-state index contributed by atoms with van der Waals surface area (Å²) in [6.07, 6.45) is 2.59. The van der Waals surface area contributed by atoms with E-state index in [2.05, 4.69) is 11.3 Å². The molecule has 1 aliphatic heterocycles. The molecule has 0 spiro atoms. The molecule has 1 saturated heterocycles. The monoisotopic (exact) mass is 388 g/mol. The maximum atomic E-state index is 12.9. The van der Waals surface area contributed by atoms with Gasteiger partial charge in [-0.15, -0.1) is 4.40 Å². The van der Waals surface area contributed by atoms with E-state index in [1.807, 2.05) is 18.2 Å². The van der Waals surface area contributed by atoms with Gasteiger partial charge in [0.2, 0.25) is 5.91 Å². The lowest BCUT2D eigenvalue weighted by Gasteiger charge is -2.16. The van der Waals surface area contributed by atoms with Gasteiger partial charge in [0, 0.05) is 0 Å². The minimum absolute atomic E-state index is 0.114. The van der Waals surface area contributed by atoms with Gasteiger partial charge in [0.1, 0.15) is 0 Å². The molecule has 0 aliphatic carbocycles. The zero-order valence-electron chi connectivity index (χ0n) is 14.4. The number of carbonyl (C=O) groups is 1. The minimum atomic E-state index is -3.88. The molecule has 1 unspecified atom stereocenters. The van der Waals surface area contributed by atoms with Gasteiger partial charge in [-0.3, -0.25) is 9.69 Å². The molecule has 0 radical (unpaired) electrons. The van der Waals surface area contributed by atoms with Gasteiger partial charge >= 0.3 is 0 Å². The molecule has 1 amide bonds. The highest BCUT2D eigenvalue weighted by Gasteiger charge is 2.39. The fourth-order valence-electron chi connectivity index (χ4n) is 2.67. The van der Waals surface area contributed by atoms with E-state index in [9.17, 15) is 13.2 Å². The van der Waals surface area contributed by atoms with E-state index in [1.165, 1.54) is 28.8 Å². The van der Waals surface area contributed by atoms with E-state index in [4.69, 9.17) is 0 Å². The van der Waals surface area contributed by atoms with Gasteiger partial charge in [-0.2, -0.15) is 8.42 Å². The van der Waals surface area contributed by atoms with E-state index in [0.717, 1.165) is 12.8 Å². The van der Waals surface area contributed by atoms with Crippen LogP contribution in [0.25, 0.3) is 0 Å².